The van der Waals surface area contributed by atoms with Crippen LogP contribution in [-0.4, -0.2) is 14.8 Å². The Hall–Kier alpha value is -2.26. The van der Waals surface area contributed by atoms with Crippen molar-refractivity contribution in [3.05, 3.63) is 35.8 Å². The number of rotatable bonds is 1. The van der Waals surface area contributed by atoms with Crippen molar-refractivity contribution in [1.29, 1.82) is 0 Å². The number of pyridine rings is 1. The SMILES string of the molecule is Nc1cnn(-c2cccc(C(F)(F)F)n2)c1C(F)(F)F. The summed E-state index contributed by atoms with van der Waals surface area (Å²) in [6.07, 6.45) is -8.94. The van der Waals surface area contributed by atoms with Gasteiger partial charge in [0.15, 0.2) is 11.5 Å². The van der Waals surface area contributed by atoms with Gasteiger partial charge in [0.25, 0.3) is 0 Å². The summed E-state index contributed by atoms with van der Waals surface area (Å²) < 4.78 is 76.0. The summed E-state index contributed by atoms with van der Waals surface area (Å²) in [6.45, 7) is 0. The quantitative estimate of drug-likeness (QED) is 0.823. The number of hydrogen-bond donors (Lipinski definition) is 1. The molecule has 0 unspecified atom stereocenters. The smallest absolute Gasteiger partial charge is 0.396 e. The van der Waals surface area contributed by atoms with Gasteiger partial charge < -0.3 is 5.73 Å². The number of hydrogen-bond acceptors (Lipinski definition) is 3. The minimum atomic E-state index is -4.86. The third-order valence-electron chi connectivity index (χ3n) is 2.31. The Morgan fingerprint density at radius 3 is 2.20 bits per heavy atom. The van der Waals surface area contributed by atoms with Crippen molar-refractivity contribution in [3.8, 4) is 5.82 Å². The molecule has 2 aromatic heterocycles. The van der Waals surface area contributed by atoms with Gasteiger partial charge in [-0.25, -0.2) is 9.67 Å². The number of aromatic nitrogens is 3. The Kier molecular flexibility index (Phi) is 3.11. The normalized spacial score (nSPS) is 12.7. The van der Waals surface area contributed by atoms with Gasteiger partial charge in [0.2, 0.25) is 0 Å². The van der Waals surface area contributed by atoms with Gasteiger partial charge in [0.05, 0.1) is 11.9 Å². The molecule has 2 heterocycles. The van der Waals surface area contributed by atoms with E-state index in [2.05, 4.69) is 10.1 Å². The second-order valence-electron chi connectivity index (χ2n) is 3.74. The van der Waals surface area contributed by atoms with Gasteiger partial charge >= 0.3 is 12.4 Å². The van der Waals surface area contributed by atoms with E-state index in [1.165, 1.54) is 0 Å². The monoisotopic (exact) mass is 296 g/mol. The molecule has 20 heavy (non-hydrogen) atoms. The highest BCUT2D eigenvalue weighted by atomic mass is 19.4. The summed E-state index contributed by atoms with van der Waals surface area (Å²) in [4.78, 5) is 3.12. The van der Waals surface area contributed by atoms with Crippen molar-refractivity contribution in [2.45, 2.75) is 12.4 Å². The summed E-state index contributed by atoms with van der Waals surface area (Å²) in [5.41, 5.74) is 1.74. The van der Waals surface area contributed by atoms with Crippen LogP contribution in [0.2, 0.25) is 0 Å². The van der Waals surface area contributed by atoms with Crippen molar-refractivity contribution in [2.24, 2.45) is 0 Å². The molecule has 0 saturated carbocycles. The molecule has 2 aromatic rings. The maximum absolute atomic E-state index is 12.8. The van der Waals surface area contributed by atoms with Gasteiger partial charge in [-0.05, 0) is 12.1 Å². The molecule has 0 spiro atoms. The van der Waals surface area contributed by atoms with Crippen LogP contribution in [0.15, 0.2) is 24.4 Å². The van der Waals surface area contributed by atoms with Gasteiger partial charge in [-0.1, -0.05) is 6.07 Å². The Bertz CT molecular complexity index is 627. The van der Waals surface area contributed by atoms with Crippen LogP contribution in [0.25, 0.3) is 5.82 Å². The minimum absolute atomic E-state index is 0.227. The number of nitrogens with zero attached hydrogens (tertiary/aromatic N) is 3. The Morgan fingerprint density at radius 1 is 1.00 bits per heavy atom. The predicted octanol–water partition coefficient (Wildman–Crippen LogP) is 2.89. The number of anilines is 1. The highest BCUT2D eigenvalue weighted by molar-refractivity contribution is 5.46. The summed E-state index contributed by atoms with van der Waals surface area (Å²) >= 11 is 0. The van der Waals surface area contributed by atoms with Crippen LogP contribution in [0.5, 0.6) is 0 Å². The second kappa shape index (κ2) is 4.39. The fourth-order valence-corrected chi connectivity index (χ4v) is 1.52. The van der Waals surface area contributed by atoms with E-state index in [-0.39, 0.29) is 4.68 Å². The van der Waals surface area contributed by atoms with Crippen LogP contribution in [-0.2, 0) is 12.4 Å². The highest BCUT2D eigenvalue weighted by Crippen LogP contribution is 2.35. The third kappa shape index (κ3) is 2.53. The molecule has 108 valence electrons. The Morgan fingerprint density at radius 2 is 1.65 bits per heavy atom. The molecule has 2 N–H and O–H groups in total. The van der Waals surface area contributed by atoms with Crippen molar-refractivity contribution >= 4 is 5.69 Å². The standard InChI is InChI=1S/C10H6F6N4/c11-9(12,13)6-2-1-3-7(19-6)20-8(10(14,15)16)5(17)4-18-20/h1-4H,17H2. The molecule has 0 aliphatic rings. The first-order valence-electron chi connectivity index (χ1n) is 5.06. The van der Waals surface area contributed by atoms with Gasteiger partial charge in [-0.3, -0.25) is 0 Å². The van der Waals surface area contributed by atoms with Crippen molar-refractivity contribution < 1.29 is 26.3 Å². The van der Waals surface area contributed by atoms with Crippen molar-refractivity contribution in [1.82, 2.24) is 14.8 Å². The molecular formula is C10H6F6N4. The first-order chi connectivity index (χ1) is 9.10. The van der Waals surface area contributed by atoms with E-state index in [4.69, 9.17) is 5.73 Å². The zero-order chi connectivity index (χ0) is 15.1. The molecule has 0 saturated heterocycles. The van der Waals surface area contributed by atoms with Gasteiger partial charge in [-0.15, -0.1) is 0 Å². The van der Waals surface area contributed by atoms with E-state index in [1.54, 1.807) is 0 Å². The van der Waals surface area contributed by atoms with Crippen molar-refractivity contribution in [2.75, 3.05) is 5.73 Å². The van der Waals surface area contributed by atoms with Crippen LogP contribution in [0.4, 0.5) is 32.0 Å². The number of nitrogens with two attached hydrogens (primary N) is 1. The number of halogens is 6. The van der Waals surface area contributed by atoms with Crippen molar-refractivity contribution in [3.63, 3.8) is 0 Å². The molecule has 0 fully saturated rings. The lowest BCUT2D eigenvalue weighted by molar-refractivity contribution is -0.142. The van der Waals surface area contributed by atoms with Gasteiger partial charge in [-0.2, -0.15) is 31.4 Å². The van der Waals surface area contributed by atoms with E-state index in [1.807, 2.05) is 0 Å². The largest absolute Gasteiger partial charge is 0.435 e. The summed E-state index contributed by atoms with van der Waals surface area (Å²) in [5.74, 6) is -0.621. The van der Waals surface area contributed by atoms with E-state index >= 15 is 0 Å². The van der Waals surface area contributed by atoms with Crippen LogP contribution in [0, 0.1) is 0 Å². The van der Waals surface area contributed by atoms with E-state index in [0.29, 0.717) is 12.3 Å². The molecule has 0 aliphatic heterocycles. The molecule has 0 bridgehead atoms. The molecule has 0 aromatic carbocycles. The third-order valence-corrected chi connectivity index (χ3v) is 2.31. The zero-order valence-corrected chi connectivity index (χ0v) is 9.50. The van der Waals surface area contributed by atoms with Crippen LogP contribution in [0.1, 0.15) is 11.4 Å². The summed E-state index contributed by atoms with van der Waals surface area (Å²) in [5, 5.41) is 3.32. The molecule has 2 rings (SSSR count). The molecule has 0 amide bonds. The maximum atomic E-state index is 12.8. The maximum Gasteiger partial charge on any atom is 0.435 e. The molecule has 0 aliphatic carbocycles. The highest BCUT2D eigenvalue weighted by Gasteiger charge is 2.39. The van der Waals surface area contributed by atoms with Crippen LogP contribution < -0.4 is 5.73 Å². The zero-order valence-electron chi connectivity index (χ0n) is 9.50. The molecule has 0 atom stereocenters. The molecular weight excluding hydrogens is 290 g/mol. The average molecular weight is 296 g/mol. The van der Waals surface area contributed by atoms with E-state index < -0.39 is 35.2 Å². The first kappa shape index (κ1) is 14.2. The summed E-state index contributed by atoms with van der Waals surface area (Å²) in [6, 6.07) is 2.55. The van der Waals surface area contributed by atoms with Gasteiger partial charge in [0, 0.05) is 0 Å². The lowest BCUT2D eigenvalue weighted by Crippen LogP contribution is -2.17. The molecule has 4 nitrogen and oxygen atoms in total. The summed E-state index contributed by atoms with van der Waals surface area (Å²) in [7, 11) is 0. The van der Waals surface area contributed by atoms with E-state index in [9.17, 15) is 26.3 Å². The lowest BCUT2D eigenvalue weighted by Gasteiger charge is -2.12. The average Bonchev–Trinajstić information content (AvgIpc) is 2.70. The Balaban J connectivity index is 2.59. The predicted molar refractivity (Wildman–Crippen MR) is 55.8 cm³/mol. The molecule has 10 heteroatoms. The van der Waals surface area contributed by atoms with E-state index in [0.717, 1.165) is 12.1 Å². The van der Waals surface area contributed by atoms with Crippen LogP contribution >= 0.6 is 0 Å². The minimum Gasteiger partial charge on any atom is -0.396 e. The van der Waals surface area contributed by atoms with Crippen LogP contribution in [0.3, 0.4) is 0 Å². The number of alkyl halides is 6. The second-order valence-corrected chi connectivity index (χ2v) is 3.74. The fraction of sp³-hybridized carbons (Fsp3) is 0.200. The Labute approximate surface area is 107 Å². The number of nitrogen functional groups attached to an aromatic ring is 1. The van der Waals surface area contributed by atoms with Gasteiger partial charge in [0.1, 0.15) is 5.69 Å². The fourth-order valence-electron chi connectivity index (χ4n) is 1.52. The lowest BCUT2D eigenvalue weighted by atomic mass is 10.3. The topological polar surface area (TPSA) is 56.7 Å². The first-order valence-corrected chi connectivity index (χ1v) is 5.06. The molecule has 0 radical (unpaired) electrons.